The van der Waals surface area contributed by atoms with Crippen LogP contribution in [0.2, 0.25) is 0 Å². The lowest BCUT2D eigenvalue weighted by Crippen LogP contribution is -2.61. The molecular formula is C63H115NO10. The lowest BCUT2D eigenvalue weighted by atomic mass is 9.99. The summed E-state index contributed by atoms with van der Waals surface area (Å²) in [6, 6.07) is -1.03. The first-order valence-electron chi connectivity index (χ1n) is 30.9. The Morgan fingerprint density at radius 1 is 0.527 bits per heavy atom. The quantitative estimate of drug-likeness (QED) is 0.0149. The summed E-state index contributed by atoms with van der Waals surface area (Å²) >= 11 is 0. The Balaban J connectivity index is 2.68. The normalized spacial score (nSPS) is 19.6. The number of amides is 1. The maximum atomic E-state index is 13.4. The Hall–Kier alpha value is -2.38. The van der Waals surface area contributed by atoms with Crippen molar-refractivity contribution in [2.45, 2.75) is 327 Å². The fourth-order valence-electron chi connectivity index (χ4n) is 9.52. The van der Waals surface area contributed by atoms with Crippen LogP contribution in [0.3, 0.4) is 0 Å². The van der Waals surface area contributed by atoms with Crippen molar-refractivity contribution in [3.63, 3.8) is 0 Å². The second-order valence-corrected chi connectivity index (χ2v) is 21.5. The van der Waals surface area contributed by atoms with E-state index >= 15 is 0 Å². The Morgan fingerprint density at radius 2 is 0.932 bits per heavy atom. The lowest BCUT2D eigenvalue weighted by molar-refractivity contribution is -0.305. The summed E-state index contributed by atoms with van der Waals surface area (Å²) < 4.78 is 17.6. The highest BCUT2D eigenvalue weighted by molar-refractivity contribution is 5.80. The number of hydrogen-bond acceptors (Lipinski definition) is 10. The molecule has 1 amide bonds. The summed E-state index contributed by atoms with van der Waals surface area (Å²) in [7, 11) is 0. The van der Waals surface area contributed by atoms with Crippen LogP contribution in [0, 0.1) is 0 Å². The first-order valence-corrected chi connectivity index (χ1v) is 30.9. The van der Waals surface area contributed by atoms with Gasteiger partial charge in [-0.3, -0.25) is 9.59 Å². The average Bonchev–Trinajstić information content (AvgIpc) is 3.40. The summed E-state index contributed by atoms with van der Waals surface area (Å²) in [5, 5.41) is 56.9. The summed E-state index contributed by atoms with van der Waals surface area (Å²) in [5.74, 6) is -1.20. The molecule has 0 aliphatic carbocycles. The molecule has 0 radical (unpaired) electrons. The molecule has 0 aromatic heterocycles. The van der Waals surface area contributed by atoms with Gasteiger partial charge in [0, 0.05) is 6.42 Å². The van der Waals surface area contributed by atoms with Gasteiger partial charge in [-0.05, 0) is 77.0 Å². The smallest absolute Gasteiger partial charge is 0.306 e. The second-order valence-electron chi connectivity index (χ2n) is 21.5. The molecule has 1 aliphatic heterocycles. The van der Waals surface area contributed by atoms with Gasteiger partial charge in [-0.15, -0.1) is 0 Å². The molecule has 8 atom stereocenters. The van der Waals surface area contributed by atoms with Gasteiger partial charge in [0.15, 0.2) is 12.4 Å². The molecule has 1 aliphatic rings. The number of nitrogens with one attached hydrogen (secondary N) is 1. The maximum Gasteiger partial charge on any atom is 0.306 e. The highest BCUT2D eigenvalue weighted by Crippen LogP contribution is 2.26. The topological polar surface area (TPSA) is 175 Å². The largest absolute Gasteiger partial charge is 0.454 e. The van der Waals surface area contributed by atoms with E-state index in [1.54, 1.807) is 6.08 Å². The van der Waals surface area contributed by atoms with Crippen LogP contribution in [0.1, 0.15) is 278 Å². The molecule has 74 heavy (non-hydrogen) atoms. The van der Waals surface area contributed by atoms with E-state index in [-0.39, 0.29) is 19.4 Å². The third-order valence-corrected chi connectivity index (χ3v) is 14.5. The molecule has 1 rings (SSSR count). The predicted molar refractivity (Wildman–Crippen MR) is 306 cm³/mol. The van der Waals surface area contributed by atoms with Crippen molar-refractivity contribution in [2.75, 3.05) is 13.2 Å². The third kappa shape index (κ3) is 39.1. The second kappa shape index (κ2) is 51.4. The minimum Gasteiger partial charge on any atom is -0.454 e. The number of esters is 1. The van der Waals surface area contributed by atoms with Crippen molar-refractivity contribution < 1.29 is 49.3 Å². The van der Waals surface area contributed by atoms with Gasteiger partial charge in [0.25, 0.3) is 0 Å². The minimum atomic E-state index is -1.62. The van der Waals surface area contributed by atoms with Gasteiger partial charge in [0.05, 0.1) is 25.4 Å². The monoisotopic (exact) mass is 1050 g/mol. The highest BCUT2D eigenvalue weighted by Gasteiger charge is 2.47. The minimum absolute atomic E-state index is 0.120. The molecule has 0 aromatic rings. The Morgan fingerprint density at radius 3 is 1.42 bits per heavy atom. The maximum absolute atomic E-state index is 13.4. The number of carbonyl (C=O) groups is 2. The zero-order valence-electron chi connectivity index (χ0n) is 47.7. The molecule has 8 unspecified atom stereocenters. The molecule has 11 heteroatoms. The van der Waals surface area contributed by atoms with Gasteiger partial charge in [0.1, 0.15) is 24.4 Å². The number of aliphatic hydroxyl groups is 5. The molecule has 0 bridgehead atoms. The van der Waals surface area contributed by atoms with Crippen LogP contribution in [-0.4, -0.2) is 99.6 Å². The van der Waals surface area contributed by atoms with Crippen molar-refractivity contribution in [1.82, 2.24) is 5.32 Å². The van der Waals surface area contributed by atoms with Gasteiger partial charge in [-0.25, -0.2) is 0 Å². The zero-order chi connectivity index (χ0) is 54.0. The SMILES string of the molecule is CCCCC/C=C/C=C/CCCCCCCC(O)C(=O)NC(COC1OC(CO)C(O)C(O)C1OC(=O)CCCCCCCCCCC/C=C/CCCCCCCC)C(O)/C=C/CCCCCCCCCCCC. The van der Waals surface area contributed by atoms with Gasteiger partial charge in [-0.1, -0.05) is 243 Å². The van der Waals surface area contributed by atoms with Crippen LogP contribution >= 0.6 is 0 Å². The van der Waals surface area contributed by atoms with Crippen LogP contribution in [0.5, 0.6) is 0 Å². The number of ether oxygens (including phenoxy) is 3. The number of carbonyl (C=O) groups excluding carboxylic acids is 2. The molecule has 1 heterocycles. The fourth-order valence-corrected chi connectivity index (χ4v) is 9.52. The molecule has 1 saturated heterocycles. The Labute approximate surface area is 453 Å². The van der Waals surface area contributed by atoms with Crippen LogP contribution in [0.4, 0.5) is 0 Å². The zero-order valence-corrected chi connectivity index (χ0v) is 47.7. The number of aliphatic hydroxyl groups excluding tert-OH is 5. The van der Waals surface area contributed by atoms with E-state index in [1.165, 1.54) is 154 Å². The van der Waals surface area contributed by atoms with Gasteiger partial charge in [-0.2, -0.15) is 0 Å². The van der Waals surface area contributed by atoms with Crippen LogP contribution in [-0.2, 0) is 23.8 Å². The number of hydrogen-bond donors (Lipinski definition) is 6. The third-order valence-electron chi connectivity index (χ3n) is 14.5. The Kier molecular flexibility index (Phi) is 48.3. The number of rotatable bonds is 52. The van der Waals surface area contributed by atoms with Crippen LogP contribution in [0.15, 0.2) is 48.6 Å². The molecule has 432 valence electrons. The van der Waals surface area contributed by atoms with E-state index < -0.39 is 67.4 Å². The van der Waals surface area contributed by atoms with Crippen molar-refractivity contribution in [1.29, 1.82) is 0 Å². The summed E-state index contributed by atoms with van der Waals surface area (Å²) in [6.45, 7) is 5.75. The van der Waals surface area contributed by atoms with E-state index in [9.17, 15) is 35.1 Å². The number of unbranched alkanes of at least 4 members (excludes halogenated alkanes) is 33. The van der Waals surface area contributed by atoms with Gasteiger partial charge >= 0.3 is 5.97 Å². The number of allylic oxidation sites excluding steroid dienone is 7. The van der Waals surface area contributed by atoms with Crippen molar-refractivity contribution in [3.8, 4) is 0 Å². The van der Waals surface area contributed by atoms with Gasteiger partial charge < -0.3 is 45.1 Å². The van der Waals surface area contributed by atoms with Crippen molar-refractivity contribution in [3.05, 3.63) is 48.6 Å². The van der Waals surface area contributed by atoms with E-state index in [2.05, 4.69) is 62.5 Å². The summed E-state index contributed by atoms with van der Waals surface area (Å²) in [6.07, 6.45) is 51.4. The molecule has 0 aromatic carbocycles. The standard InChI is InChI=1S/C63H115NO10/c1-4-7-10-13-16-19-22-25-27-28-29-30-31-33-36-39-42-45-48-51-58(68)74-61-60(70)59(69)57(52-65)73-63(61)72-53-54(55(66)49-46-43-40-37-34-24-21-18-15-12-9-6-3)64-62(71)56(67)50-47-44-41-38-35-32-26-23-20-17-14-11-8-5-2/h17,20,23,25-27,46,49,54-57,59-61,63,65-67,69-70H,4-16,18-19,21-22,24,28-45,47-48,50-53H2,1-3H3,(H,64,71)/b20-17+,26-23+,27-25+,49-46+. The molecular weight excluding hydrogens is 931 g/mol. The van der Waals surface area contributed by atoms with Crippen molar-refractivity contribution >= 4 is 11.9 Å². The van der Waals surface area contributed by atoms with Gasteiger partial charge in [0.2, 0.25) is 5.91 Å². The molecule has 0 spiro atoms. The fraction of sp³-hybridized carbons (Fsp3) is 0.841. The first kappa shape index (κ1) is 69.6. The van der Waals surface area contributed by atoms with E-state index in [4.69, 9.17) is 14.2 Å². The first-order chi connectivity index (χ1) is 36.2. The summed E-state index contributed by atoms with van der Waals surface area (Å²) in [5.41, 5.74) is 0. The van der Waals surface area contributed by atoms with Crippen LogP contribution < -0.4 is 5.32 Å². The average molecular weight is 1050 g/mol. The summed E-state index contributed by atoms with van der Waals surface area (Å²) in [4.78, 5) is 26.5. The van der Waals surface area contributed by atoms with E-state index in [1.807, 2.05) is 6.08 Å². The predicted octanol–water partition coefficient (Wildman–Crippen LogP) is 14.4. The molecule has 0 saturated carbocycles. The Bertz CT molecular complexity index is 1390. The molecule has 6 N–H and O–H groups in total. The molecule has 11 nitrogen and oxygen atoms in total. The van der Waals surface area contributed by atoms with E-state index in [0.29, 0.717) is 12.8 Å². The lowest BCUT2D eigenvalue weighted by Gasteiger charge is -2.41. The van der Waals surface area contributed by atoms with Crippen molar-refractivity contribution in [2.24, 2.45) is 0 Å². The highest BCUT2D eigenvalue weighted by atomic mass is 16.7. The van der Waals surface area contributed by atoms with E-state index in [0.717, 1.165) is 77.0 Å². The van der Waals surface area contributed by atoms with Crippen LogP contribution in [0.25, 0.3) is 0 Å². The molecule has 1 fully saturated rings.